The highest BCUT2D eigenvalue weighted by Gasteiger charge is 2.34. The normalized spacial score (nSPS) is 15.9. The van der Waals surface area contributed by atoms with Crippen molar-refractivity contribution in [3.63, 3.8) is 0 Å². The molecule has 3 aromatic rings. The van der Waals surface area contributed by atoms with Gasteiger partial charge in [0.2, 0.25) is 12.7 Å². The second kappa shape index (κ2) is 9.65. The molecule has 1 fully saturated rings. The monoisotopic (exact) mass is 494 g/mol. The minimum atomic E-state index is -0.387. The van der Waals surface area contributed by atoms with E-state index in [1.54, 1.807) is 36.7 Å². The van der Waals surface area contributed by atoms with E-state index in [2.05, 4.69) is 15.3 Å². The van der Waals surface area contributed by atoms with Crippen molar-refractivity contribution < 1.29 is 23.9 Å². The Morgan fingerprint density at radius 3 is 2.94 bits per heavy atom. The number of pyridine rings is 1. The smallest absolute Gasteiger partial charge is 0.293 e. The zero-order valence-electron chi connectivity index (χ0n) is 17.7. The average molecular weight is 495 g/mol. The largest absolute Gasteiger partial charge is 0.454 e. The lowest BCUT2D eigenvalue weighted by molar-refractivity contribution is -0.124. The van der Waals surface area contributed by atoms with Crippen molar-refractivity contribution in [3.05, 3.63) is 64.3 Å². The first kappa shape index (κ1) is 22.1. The van der Waals surface area contributed by atoms with Gasteiger partial charge in [0.1, 0.15) is 5.01 Å². The summed E-state index contributed by atoms with van der Waals surface area (Å²) in [5.74, 6) is 0.628. The van der Waals surface area contributed by atoms with Crippen molar-refractivity contribution in [1.82, 2.24) is 20.2 Å². The molecule has 0 aliphatic carbocycles. The van der Waals surface area contributed by atoms with Gasteiger partial charge < -0.3 is 14.8 Å². The molecule has 11 heteroatoms. The highest BCUT2D eigenvalue weighted by Crippen LogP contribution is 2.36. The van der Waals surface area contributed by atoms with Crippen LogP contribution in [-0.2, 0) is 16.0 Å². The summed E-state index contributed by atoms with van der Waals surface area (Å²) < 4.78 is 10.6. The van der Waals surface area contributed by atoms with Crippen LogP contribution in [0.25, 0.3) is 16.6 Å². The summed E-state index contributed by atoms with van der Waals surface area (Å²) in [6, 6.07) is 9.05. The highest BCUT2D eigenvalue weighted by molar-refractivity contribution is 8.18. The third kappa shape index (κ3) is 4.80. The Labute approximate surface area is 202 Å². The van der Waals surface area contributed by atoms with Gasteiger partial charge in [-0.1, -0.05) is 6.07 Å². The number of carbonyl (C=O) groups excluding carboxylic acids is 3. The fraction of sp³-hybridized carbons (Fsp3) is 0.174. The van der Waals surface area contributed by atoms with Crippen LogP contribution < -0.4 is 14.8 Å². The molecule has 0 saturated carbocycles. The van der Waals surface area contributed by atoms with Gasteiger partial charge in [-0.05, 0) is 47.7 Å². The third-order valence-corrected chi connectivity index (χ3v) is 6.88. The molecule has 2 aromatic heterocycles. The molecule has 0 bridgehead atoms. The zero-order valence-corrected chi connectivity index (χ0v) is 19.4. The number of rotatable bonds is 7. The highest BCUT2D eigenvalue weighted by atomic mass is 32.2. The summed E-state index contributed by atoms with van der Waals surface area (Å²) in [6.45, 7) is 0.413. The molecule has 0 spiro atoms. The summed E-state index contributed by atoms with van der Waals surface area (Å²) in [5.41, 5.74) is 2.28. The predicted molar refractivity (Wildman–Crippen MR) is 127 cm³/mol. The molecule has 1 saturated heterocycles. The van der Waals surface area contributed by atoms with Gasteiger partial charge in [-0.2, -0.15) is 0 Å². The molecule has 0 radical (unpaired) electrons. The van der Waals surface area contributed by atoms with E-state index in [-0.39, 0.29) is 43.4 Å². The van der Waals surface area contributed by atoms with Crippen molar-refractivity contribution in [2.45, 2.75) is 6.42 Å². The van der Waals surface area contributed by atoms with Crippen LogP contribution in [-0.4, -0.2) is 51.8 Å². The molecule has 4 heterocycles. The number of nitrogens with one attached hydrogen (secondary N) is 1. The SMILES string of the molecule is O=C(Cc1csc(-c2cccnc2)n1)NCCN1C(=O)S/C(=C/c2ccc3c(c2)OCO3)C1=O. The number of amides is 3. The molecule has 1 aromatic carbocycles. The zero-order chi connectivity index (χ0) is 23.5. The Hall–Kier alpha value is -3.70. The van der Waals surface area contributed by atoms with Crippen LogP contribution >= 0.6 is 23.1 Å². The molecule has 9 nitrogen and oxygen atoms in total. The molecular weight excluding hydrogens is 476 g/mol. The molecule has 2 aliphatic rings. The number of benzene rings is 1. The van der Waals surface area contributed by atoms with Gasteiger partial charge in [0, 0.05) is 36.4 Å². The molecule has 2 aliphatic heterocycles. The Bertz CT molecular complexity index is 1290. The van der Waals surface area contributed by atoms with E-state index in [4.69, 9.17) is 9.47 Å². The second-order valence-electron chi connectivity index (χ2n) is 7.36. The van der Waals surface area contributed by atoms with Crippen LogP contribution in [0.3, 0.4) is 0 Å². The predicted octanol–water partition coefficient (Wildman–Crippen LogP) is 3.33. The van der Waals surface area contributed by atoms with E-state index in [9.17, 15) is 14.4 Å². The minimum absolute atomic E-state index is 0.0902. The van der Waals surface area contributed by atoms with Gasteiger partial charge in [-0.25, -0.2) is 4.98 Å². The first-order valence-corrected chi connectivity index (χ1v) is 12.0. The first-order chi connectivity index (χ1) is 16.6. The van der Waals surface area contributed by atoms with Crippen LogP contribution in [0.2, 0.25) is 0 Å². The Balaban J connectivity index is 1.13. The maximum Gasteiger partial charge on any atom is 0.293 e. The Kier molecular flexibility index (Phi) is 6.28. The summed E-state index contributed by atoms with van der Waals surface area (Å²) >= 11 is 2.32. The van der Waals surface area contributed by atoms with E-state index in [0.29, 0.717) is 22.1 Å². The maximum absolute atomic E-state index is 12.7. The lowest BCUT2D eigenvalue weighted by atomic mass is 10.2. The number of imide groups is 1. The standard InChI is InChI=1S/C23H18N4O5S2/c28-20(10-16-12-33-21(26-16)15-2-1-5-24-11-15)25-6-7-27-22(29)19(34-23(27)30)9-14-3-4-17-18(8-14)32-13-31-17/h1-5,8-9,11-12H,6-7,10,13H2,(H,25,28)/b19-9+. The number of ether oxygens (including phenoxy) is 2. The lowest BCUT2D eigenvalue weighted by Gasteiger charge is -2.12. The van der Waals surface area contributed by atoms with Crippen molar-refractivity contribution in [1.29, 1.82) is 0 Å². The van der Waals surface area contributed by atoms with Gasteiger partial charge in [-0.3, -0.25) is 24.3 Å². The van der Waals surface area contributed by atoms with Crippen LogP contribution in [0.1, 0.15) is 11.3 Å². The van der Waals surface area contributed by atoms with Crippen LogP contribution in [0.15, 0.2) is 53.0 Å². The number of carbonyl (C=O) groups is 3. The maximum atomic E-state index is 12.7. The quantitative estimate of drug-likeness (QED) is 0.498. The summed E-state index contributed by atoms with van der Waals surface area (Å²) in [4.78, 5) is 47.3. The number of hydrogen-bond donors (Lipinski definition) is 1. The van der Waals surface area contributed by atoms with Crippen LogP contribution in [0.4, 0.5) is 4.79 Å². The fourth-order valence-corrected chi connectivity index (χ4v) is 5.07. The van der Waals surface area contributed by atoms with Gasteiger partial charge in [0.25, 0.3) is 11.1 Å². The number of fused-ring (bicyclic) bond motifs is 1. The summed E-state index contributed by atoms with van der Waals surface area (Å²) in [6.07, 6.45) is 5.17. The van der Waals surface area contributed by atoms with E-state index in [1.807, 2.05) is 17.5 Å². The van der Waals surface area contributed by atoms with Crippen molar-refractivity contribution in [2.24, 2.45) is 0 Å². The van der Waals surface area contributed by atoms with Gasteiger partial charge in [0.05, 0.1) is 17.0 Å². The average Bonchev–Trinajstić information content (AvgIpc) is 3.56. The van der Waals surface area contributed by atoms with E-state index < -0.39 is 0 Å². The number of thioether (sulfide) groups is 1. The van der Waals surface area contributed by atoms with Gasteiger partial charge in [-0.15, -0.1) is 11.3 Å². The van der Waals surface area contributed by atoms with E-state index >= 15 is 0 Å². The molecule has 5 rings (SSSR count). The summed E-state index contributed by atoms with van der Waals surface area (Å²) in [5, 5.41) is 5.01. The molecular formula is C23H18N4O5S2. The van der Waals surface area contributed by atoms with Crippen molar-refractivity contribution >= 4 is 46.2 Å². The third-order valence-electron chi connectivity index (χ3n) is 5.03. The Morgan fingerprint density at radius 2 is 2.09 bits per heavy atom. The van der Waals surface area contributed by atoms with Crippen LogP contribution in [0.5, 0.6) is 11.5 Å². The van der Waals surface area contributed by atoms with E-state index in [0.717, 1.165) is 32.8 Å². The van der Waals surface area contributed by atoms with Crippen molar-refractivity contribution in [3.8, 4) is 22.1 Å². The lowest BCUT2D eigenvalue weighted by Crippen LogP contribution is -2.37. The van der Waals surface area contributed by atoms with Crippen LogP contribution in [0, 0.1) is 0 Å². The molecule has 0 atom stereocenters. The molecule has 0 unspecified atom stereocenters. The topological polar surface area (TPSA) is 111 Å². The molecule has 172 valence electrons. The number of nitrogens with zero attached hydrogens (tertiary/aromatic N) is 3. The molecule has 34 heavy (non-hydrogen) atoms. The number of hydrogen-bond acceptors (Lipinski definition) is 9. The first-order valence-electron chi connectivity index (χ1n) is 10.3. The van der Waals surface area contributed by atoms with Gasteiger partial charge in [0.15, 0.2) is 11.5 Å². The molecule has 3 amide bonds. The summed E-state index contributed by atoms with van der Waals surface area (Å²) in [7, 11) is 0. The second-order valence-corrected chi connectivity index (χ2v) is 9.21. The number of aromatic nitrogens is 2. The molecule has 1 N–H and O–H groups in total. The number of thiazole rings is 1. The van der Waals surface area contributed by atoms with E-state index in [1.165, 1.54) is 11.3 Å². The van der Waals surface area contributed by atoms with Gasteiger partial charge >= 0.3 is 0 Å². The minimum Gasteiger partial charge on any atom is -0.454 e. The fourth-order valence-electron chi connectivity index (χ4n) is 3.39. The Morgan fingerprint density at radius 1 is 1.21 bits per heavy atom. The van der Waals surface area contributed by atoms with Crippen molar-refractivity contribution in [2.75, 3.05) is 19.9 Å².